The molecule has 0 atom stereocenters. The van der Waals surface area contributed by atoms with Gasteiger partial charge in [-0.05, 0) is 37.1 Å². The summed E-state index contributed by atoms with van der Waals surface area (Å²) in [6.45, 7) is 8.74. The van der Waals surface area contributed by atoms with E-state index in [-0.39, 0.29) is 18.0 Å². The Morgan fingerprint density at radius 3 is 2.22 bits per heavy atom. The first-order chi connectivity index (χ1) is 15.4. The molecular weight excluding hydrogens is 402 g/mol. The van der Waals surface area contributed by atoms with E-state index in [0.717, 1.165) is 44.1 Å². The van der Waals surface area contributed by atoms with Gasteiger partial charge in [0, 0.05) is 39.8 Å². The van der Waals surface area contributed by atoms with Crippen molar-refractivity contribution in [3.8, 4) is 5.69 Å². The van der Waals surface area contributed by atoms with Crippen LogP contribution in [0, 0.1) is 13.8 Å². The number of benzene rings is 2. The SMILES string of the molecule is Cc1ccccc1CN1CCN(CC(=O)Nc2c(C)n(C)n(-c3ccccc3)c2=O)CC1. The zero-order chi connectivity index (χ0) is 22.7. The average Bonchev–Trinajstić information content (AvgIpc) is 3.00. The van der Waals surface area contributed by atoms with E-state index in [1.807, 2.05) is 44.3 Å². The highest BCUT2D eigenvalue weighted by Crippen LogP contribution is 2.15. The average molecular weight is 434 g/mol. The van der Waals surface area contributed by atoms with Crippen molar-refractivity contribution in [1.29, 1.82) is 0 Å². The molecule has 0 unspecified atom stereocenters. The predicted molar refractivity (Wildman–Crippen MR) is 127 cm³/mol. The Hall–Kier alpha value is -3.16. The molecule has 1 aromatic heterocycles. The van der Waals surface area contributed by atoms with Gasteiger partial charge in [0.05, 0.1) is 17.9 Å². The molecule has 1 fully saturated rings. The van der Waals surface area contributed by atoms with Crippen molar-refractivity contribution in [2.24, 2.45) is 7.05 Å². The largest absolute Gasteiger partial charge is 0.319 e. The van der Waals surface area contributed by atoms with Crippen molar-refractivity contribution in [1.82, 2.24) is 19.2 Å². The van der Waals surface area contributed by atoms with Gasteiger partial charge in [-0.3, -0.25) is 24.1 Å². The van der Waals surface area contributed by atoms with Gasteiger partial charge in [0.1, 0.15) is 5.69 Å². The molecule has 32 heavy (non-hydrogen) atoms. The van der Waals surface area contributed by atoms with Crippen LogP contribution in [0.3, 0.4) is 0 Å². The Kier molecular flexibility index (Phi) is 6.58. The number of rotatable bonds is 6. The van der Waals surface area contributed by atoms with E-state index >= 15 is 0 Å². The Bertz CT molecular complexity index is 1140. The number of hydrogen-bond donors (Lipinski definition) is 1. The number of amides is 1. The maximum absolute atomic E-state index is 13.0. The van der Waals surface area contributed by atoms with Gasteiger partial charge in [0.15, 0.2) is 0 Å². The predicted octanol–water partition coefficient (Wildman–Crippen LogP) is 2.55. The molecule has 4 rings (SSSR count). The van der Waals surface area contributed by atoms with Crippen LogP contribution in [0.1, 0.15) is 16.8 Å². The molecule has 2 heterocycles. The van der Waals surface area contributed by atoms with E-state index < -0.39 is 0 Å². The molecular formula is C25H31N5O2. The molecule has 7 heteroatoms. The number of carbonyl (C=O) groups excluding carboxylic acids is 1. The number of hydrogen-bond acceptors (Lipinski definition) is 4. The number of para-hydroxylation sites is 1. The Balaban J connectivity index is 1.35. The number of aromatic nitrogens is 2. The maximum Gasteiger partial charge on any atom is 0.295 e. The summed E-state index contributed by atoms with van der Waals surface area (Å²) in [6.07, 6.45) is 0. The van der Waals surface area contributed by atoms with Crippen molar-refractivity contribution >= 4 is 11.6 Å². The van der Waals surface area contributed by atoms with E-state index in [0.29, 0.717) is 5.69 Å². The van der Waals surface area contributed by atoms with Crippen molar-refractivity contribution in [2.45, 2.75) is 20.4 Å². The lowest BCUT2D eigenvalue weighted by atomic mass is 10.1. The molecule has 3 aromatic rings. The fourth-order valence-corrected chi connectivity index (χ4v) is 4.23. The highest BCUT2D eigenvalue weighted by Gasteiger charge is 2.22. The molecule has 7 nitrogen and oxygen atoms in total. The van der Waals surface area contributed by atoms with Gasteiger partial charge in [0.2, 0.25) is 5.91 Å². The van der Waals surface area contributed by atoms with Crippen LogP contribution in [0.5, 0.6) is 0 Å². The van der Waals surface area contributed by atoms with E-state index in [1.165, 1.54) is 11.1 Å². The molecule has 1 saturated heterocycles. The molecule has 0 aliphatic carbocycles. The van der Waals surface area contributed by atoms with Gasteiger partial charge in [-0.2, -0.15) is 0 Å². The minimum atomic E-state index is -0.215. The Labute approximate surface area is 188 Å². The minimum absolute atomic E-state index is 0.150. The summed E-state index contributed by atoms with van der Waals surface area (Å²) in [7, 11) is 1.83. The zero-order valence-corrected chi connectivity index (χ0v) is 19.0. The summed E-state index contributed by atoms with van der Waals surface area (Å²) < 4.78 is 3.35. The molecule has 2 aromatic carbocycles. The molecule has 1 aliphatic heterocycles. The third-order valence-corrected chi connectivity index (χ3v) is 6.31. The zero-order valence-electron chi connectivity index (χ0n) is 19.0. The summed E-state index contributed by atoms with van der Waals surface area (Å²) in [5.74, 6) is -0.150. The first kappa shape index (κ1) is 22.0. The first-order valence-electron chi connectivity index (χ1n) is 11.1. The summed E-state index contributed by atoms with van der Waals surface area (Å²) in [5.41, 5.74) is 4.30. The number of nitrogens with zero attached hydrogens (tertiary/aromatic N) is 4. The number of anilines is 1. The smallest absolute Gasteiger partial charge is 0.295 e. The molecule has 0 radical (unpaired) electrons. The van der Waals surface area contributed by atoms with Crippen LogP contribution in [-0.4, -0.2) is 57.8 Å². The standard InChI is InChI=1S/C25H31N5O2/c1-19-9-7-8-10-21(19)17-28-13-15-29(16-14-28)18-23(31)26-24-20(2)27(3)30(25(24)32)22-11-5-4-6-12-22/h4-12H,13-18H2,1-3H3,(H,26,31). The third kappa shape index (κ3) is 4.69. The molecule has 168 valence electrons. The monoisotopic (exact) mass is 433 g/mol. The second-order valence-corrected chi connectivity index (χ2v) is 8.46. The summed E-state index contributed by atoms with van der Waals surface area (Å²) >= 11 is 0. The van der Waals surface area contributed by atoms with Gasteiger partial charge >= 0.3 is 0 Å². The fourth-order valence-electron chi connectivity index (χ4n) is 4.23. The number of aryl methyl sites for hydroxylation is 1. The molecule has 0 bridgehead atoms. The third-order valence-electron chi connectivity index (χ3n) is 6.31. The van der Waals surface area contributed by atoms with Crippen molar-refractivity contribution in [3.05, 3.63) is 81.8 Å². The fraction of sp³-hybridized carbons (Fsp3) is 0.360. The highest BCUT2D eigenvalue weighted by atomic mass is 16.2. The second-order valence-electron chi connectivity index (χ2n) is 8.46. The van der Waals surface area contributed by atoms with Crippen LogP contribution in [0.2, 0.25) is 0 Å². The molecule has 1 aliphatic rings. The van der Waals surface area contributed by atoms with Crippen LogP contribution >= 0.6 is 0 Å². The maximum atomic E-state index is 13.0. The van der Waals surface area contributed by atoms with Crippen LogP contribution < -0.4 is 10.9 Å². The number of piperazine rings is 1. The van der Waals surface area contributed by atoms with Crippen LogP contribution in [0.15, 0.2) is 59.4 Å². The molecule has 1 N–H and O–H groups in total. The van der Waals surface area contributed by atoms with Gasteiger partial charge in [-0.15, -0.1) is 0 Å². The molecule has 0 saturated carbocycles. The van der Waals surface area contributed by atoms with E-state index in [2.05, 4.69) is 46.3 Å². The van der Waals surface area contributed by atoms with Crippen molar-refractivity contribution < 1.29 is 4.79 Å². The van der Waals surface area contributed by atoms with E-state index in [4.69, 9.17) is 0 Å². The Morgan fingerprint density at radius 1 is 0.906 bits per heavy atom. The van der Waals surface area contributed by atoms with Crippen molar-refractivity contribution in [3.63, 3.8) is 0 Å². The lowest BCUT2D eigenvalue weighted by Crippen LogP contribution is -2.48. The minimum Gasteiger partial charge on any atom is -0.319 e. The van der Waals surface area contributed by atoms with Gasteiger partial charge in [-0.1, -0.05) is 42.5 Å². The van der Waals surface area contributed by atoms with Crippen LogP contribution in [0.25, 0.3) is 5.69 Å². The second kappa shape index (κ2) is 9.54. The van der Waals surface area contributed by atoms with Crippen molar-refractivity contribution in [2.75, 3.05) is 38.0 Å². The van der Waals surface area contributed by atoms with Gasteiger partial charge < -0.3 is 5.32 Å². The summed E-state index contributed by atoms with van der Waals surface area (Å²) in [4.78, 5) is 30.3. The first-order valence-corrected chi connectivity index (χ1v) is 11.1. The highest BCUT2D eigenvalue weighted by molar-refractivity contribution is 5.92. The van der Waals surface area contributed by atoms with Gasteiger partial charge in [-0.25, -0.2) is 4.68 Å². The summed E-state index contributed by atoms with van der Waals surface area (Å²) in [5, 5.41) is 2.87. The lowest BCUT2D eigenvalue weighted by molar-refractivity contribution is -0.117. The van der Waals surface area contributed by atoms with Crippen LogP contribution in [0.4, 0.5) is 5.69 Å². The number of carbonyl (C=O) groups is 1. The lowest BCUT2D eigenvalue weighted by Gasteiger charge is -2.34. The normalized spacial score (nSPS) is 15.1. The molecule has 1 amide bonds. The Morgan fingerprint density at radius 2 is 1.53 bits per heavy atom. The summed E-state index contributed by atoms with van der Waals surface area (Å²) in [6, 6.07) is 17.9. The van der Waals surface area contributed by atoms with Crippen LogP contribution in [-0.2, 0) is 18.4 Å². The molecule has 0 spiro atoms. The topological polar surface area (TPSA) is 62.5 Å². The number of nitrogens with one attached hydrogen (secondary N) is 1. The van der Waals surface area contributed by atoms with Gasteiger partial charge in [0.25, 0.3) is 5.56 Å². The quantitative estimate of drug-likeness (QED) is 0.649. The van der Waals surface area contributed by atoms with E-state index in [1.54, 1.807) is 9.36 Å². The van der Waals surface area contributed by atoms with E-state index in [9.17, 15) is 9.59 Å².